The molecule has 2 aliphatic rings. The Labute approximate surface area is 214 Å². The fourth-order valence-electron chi connectivity index (χ4n) is 4.21. The smallest absolute Gasteiger partial charge is 0.337 e. The minimum atomic E-state index is -3.96. The number of carbonyl (C=O) groups is 1. The lowest BCUT2D eigenvalue weighted by Gasteiger charge is -2.42. The van der Waals surface area contributed by atoms with Gasteiger partial charge >= 0.3 is 5.97 Å². The van der Waals surface area contributed by atoms with Crippen molar-refractivity contribution in [2.24, 2.45) is 0 Å². The monoisotopic (exact) mass is 543 g/mol. The van der Waals surface area contributed by atoms with E-state index in [1.54, 1.807) is 0 Å². The number of piperazine rings is 1. The van der Waals surface area contributed by atoms with Crippen LogP contribution >= 0.6 is 11.6 Å². The summed E-state index contributed by atoms with van der Waals surface area (Å²) in [7, 11) is -2.77. The summed E-state index contributed by atoms with van der Waals surface area (Å²) in [6, 6.07) is 7.69. The first-order valence-electron chi connectivity index (χ1n) is 11.5. The molecule has 2 aliphatic heterocycles. The van der Waals surface area contributed by atoms with Crippen molar-refractivity contribution in [2.75, 3.05) is 63.1 Å². The Bertz CT molecular complexity index is 1200. The van der Waals surface area contributed by atoms with Crippen molar-refractivity contribution in [3.63, 3.8) is 0 Å². The number of methoxy groups -OCH3 is 1. The highest BCUT2D eigenvalue weighted by molar-refractivity contribution is 7.92. The van der Waals surface area contributed by atoms with Crippen LogP contribution in [0.5, 0.6) is 0 Å². The number of rotatable bonds is 9. The third-order valence-corrected chi connectivity index (χ3v) is 8.52. The number of esters is 1. The summed E-state index contributed by atoms with van der Waals surface area (Å²) in [4.78, 5) is 16.1. The maximum Gasteiger partial charge on any atom is 0.337 e. The average molecular weight is 544 g/mol. The zero-order valence-electron chi connectivity index (χ0n) is 19.8. The molecule has 0 saturated carbocycles. The Morgan fingerprint density at radius 3 is 2.42 bits per heavy atom. The van der Waals surface area contributed by atoms with E-state index in [9.17, 15) is 22.0 Å². The molecule has 4 rings (SSSR count). The van der Waals surface area contributed by atoms with E-state index in [4.69, 9.17) is 16.3 Å². The molecule has 196 valence electrons. The molecule has 2 fully saturated rings. The Balaban J connectivity index is 1.51. The number of benzene rings is 2. The molecule has 0 unspecified atom stereocenters. The number of ether oxygens (including phenoxy) is 2. The van der Waals surface area contributed by atoms with Crippen LogP contribution in [0.15, 0.2) is 36.4 Å². The minimum absolute atomic E-state index is 0.00518. The SMILES string of the molecule is COC(=O)c1ccc(CN(c2ccc(F)c(Cl)c2)S(=O)(=O)CCN2CCN(C3COC3)CC2)c(F)c1. The van der Waals surface area contributed by atoms with Crippen LogP contribution in [0.1, 0.15) is 15.9 Å². The lowest BCUT2D eigenvalue weighted by Crippen LogP contribution is -2.57. The standard InChI is InChI=1S/C24H28ClF2N3O5S/c1-34-24(31)17-2-3-18(23(27)12-17)14-30(19-4-5-22(26)21(25)13-19)36(32,33)11-10-28-6-8-29(9-7-28)20-15-35-16-20/h2-5,12-13,20H,6-11,14-16H2,1H3. The van der Waals surface area contributed by atoms with Crippen LogP contribution < -0.4 is 4.31 Å². The average Bonchev–Trinajstić information content (AvgIpc) is 2.83. The maximum absolute atomic E-state index is 14.8. The number of carbonyl (C=O) groups excluding carboxylic acids is 1. The lowest BCUT2D eigenvalue weighted by atomic mass is 10.1. The van der Waals surface area contributed by atoms with Gasteiger partial charge in [0.25, 0.3) is 0 Å². The molecule has 2 aromatic carbocycles. The molecular formula is C24H28ClF2N3O5S. The largest absolute Gasteiger partial charge is 0.465 e. The number of hydrogen-bond donors (Lipinski definition) is 0. The van der Waals surface area contributed by atoms with Crippen LogP contribution in [0.3, 0.4) is 0 Å². The Kier molecular flexibility index (Phi) is 8.46. The van der Waals surface area contributed by atoms with Crippen molar-refractivity contribution in [1.29, 1.82) is 0 Å². The fourth-order valence-corrected chi connectivity index (χ4v) is 5.86. The molecule has 0 amide bonds. The fraction of sp³-hybridized carbons (Fsp3) is 0.458. The van der Waals surface area contributed by atoms with Gasteiger partial charge in [0.15, 0.2) is 0 Å². The van der Waals surface area contributed by atoms with Crippen molar-refractivity contribution < 1.29 is 31.5 Å². The molecular weight excluding hydrogens is 516 g/mol. The van der Waals surface area contributed by atoms with Gasteiger partial charge in [-0.3, -0.25) is 14.1 Å². The van der Waals surface area contributed by atoms with Crippen LogP contribution in [0.25, 0.3) is 0 Å². The molecule has 0 aromatic heterocycles. The quantitative estimate of drug-likeness (QED) is 0.450. The van der Waals surface area contributed by atoms with Crippen molar-refractivity contribution in [3.05, 3.63) is 64.2 Å². The summed E-state index contributed by atoms with van der Waals surface area (Å²) >= 11 is 5.92. The summed E-state index contributed by atoms with van der Waals surface area (Å²) in [5.74, 6) is -2.38. The second-order valence-electron chi connectivity index (χ2n) is 8.79. The first kappa shape index (κ1) is 26.7. The summed E-state index contributed by atoms with van der Waals surface area (Å²) in [5, 5.41) is -0.245. The Morgan fingerprint density at radius 2 is 1.83 bits per heavy atom. The summed E-state index contributed by atoms with van der Waals surface area (Å²) in [5.41, 5.74) is 0.168. The predicted octanol–water partition coefficient (Wildman–Crippen LogP) is 2.76. The van der Waals surface area contributed by atoms with Crippen LogP contribution in [0.4, 0.5) is 14.5 Å². The summed E-state index contributed by atoms with van der Waals surface area (Å²) < 4.78 is 66.4. The normalized spacial score (nSPS) is 17.6. The van der Waals surface area contributed by atoms with Crippen molar-refractivity contribution in [3.8, 4) is 0 Å². The Morgan fingerprint density at radius 1 is 1.11 bits per heavy atom. The minimum Gasteiger partial charge on any atom is -0.465 e. The molecule has 12 heteroatoms. The first-order chi connectivity index (χ1) is 17.2. The van der Waals surface area contributed by atoms with Gasteiger partial charge in [-0.2, -0.15) is 0 Å². The molecule has 0 aliphatic carbocycles. The van der Waals surface area contributed by atoms with E-state index < -0.39 is 27.6 Å². The van der Waals surface area contributed by atoms with Crippen molar-refractivity contribution >= 4 is 33.3 Å². The molecule has 2 heterocycles. The predicted molar refractivity (Wildman–Crippen MR) is 132 cm³/mol. The third kappa shape index (κ3) is 6.15. The topological polar surface area (TPSA) is 79.4 Å². The van der Waals surface area contributed by atoms with Gasteiger partial charge in [0.1, 0.15) is 11.6 Å². The number of hydrogen-bond acceptors (Lipinski definition) is 7. The summed E-state index contributed by atoms with van der Waals surface area (Å²) in [6.07, 6.45) is 0. The molecule has 36 heavy (non-hydrogen) atoms. The molecule has 0 N–H and O–H groups in total. The van der Waals surface area contributed by atoms with Gasteiger partial charge in [-0.05, 0) is 30.3 Å². The van der Waals surface area contributed by atoms with E-state index in [0.29, 0.717) is 12.6 Å². The molecule has 0 bridgehead atoms. The van der Waals surface area contributed by atoms with Gasteiger partial charge in [-0.25, -0.2) is 22.0 Å². The van der Waals surface area contributed by atoms with Gasteiger partial charge in [0, 0.05) is 38.3 Å². The second kappa shape index (κ2) is 11.4. The number of anilines is 1. The van der Waals surface area contributed by atoms with E-state index in [0.717, 1.165) is 55.8 Å². The van der Waals surface area contributed by atoms with Gasteiger partial charge in [-0.1, -0.05) is 17.7 Å². The zero-order valence-corrected chi connectivity index (χ0v) is 21.4. The second-order valence-corrected chi connectivity index (χ2v) is 11.2. The van der Waals surface area contributed by atoms with E-state index in [2.05, 4.69) is 14.5 Å². The number of sulfonamides is 1. The van der Waals surface area contributed by atoms with Crippen molar-refractivity contribution in [2.45, 2.75) is 12.6 Å². The molecule has 0 radical (unpaired) electrons. The molecule has 2 aromatic rings. The number of halogens is 3. The highest BCUT2D eigenvalue weighted by Crippen LogP contribution is 2.28. The van der Waals surface area contributed by atoms with Gasteiger partial charge in [-0.15, -0.1) is 0 Å². The van der Waals surface area contributed by atoms with Gasteiger partial charge < -0.3 is 9.47 Å². The zero-order chi connectivity index (χ0) is 25.9. The highest BCUT2D eigenvalue weighted by Gasteiger charge is 2.30. The summed E-state index contributed by atoms with van der Waals surface area (Å²) in [6.45, 7) is 4.56. The van der Waals surface area contributed by atoms with E-state index in [-0.39, 0.29) is 34.1 Å². The molecule has 2 saturated heterocycles. The Hall–Kier alpha value is -2.31. The van der Waals surface area contributed by atoms with Crippen LogP contribution in [0, 0.1) is 11.6 Å². The van der Waals surface area contributed by atoms with Crippen molar-refractivity contribution in [1.82, 2.24) is 9.80 Å². The van der Waals surface area contributed by atoms with Gasteiger partial charge in [0.05, 0.1) is 54.9 Å². The first-order valence-corrected chi connectivity index (χ1v) is 13.5. The highest BCUT2D eigenvalue weighted by atomic mass is 35.5. The number of nitrogens with zero attached hydrogens (tertiary/aromatic N) is 3. The lowest BCUT2D eigenvalue weighted by molar-refractivity contribution is -0.0764. The molecule has 0 spiro atoms. The van der Waals surface area contributed by atoms with Crippen LogP contribution in [-0.4, -0.2) is 89.0 Å². The van der Waals surface area contributed by atoms with Crippen LogP contribution in [0.2, 0.25) is 5.02 Å². The maximum atomic E-state index is 14.8. The van der Waals surface area contributed by atoms with E-state index in [1.807, 2.05) is 0 Å². The van der Waals surface area contributed by atoms with Crippen LogP contribution in [-0.2, 0) is 26.0 Å². The van der Waals surface area contributed by atoms with Gasteiger partial charge in [0.2, 0.25) is 10.0 Å². The molecule has 0 atom stereocenters. The third-order valence-electron chi connectivity index (χ3n) is 6.52. The van der Waals surface area contributed by atoms with E-state index >= 15 is 0 Å². The molecule has 8 nitrogen and oxygen atoms in total. The van der Waals surface area contributed by atoms with E-state index in [1.165, 1.54) is 31.4 Å².